The minimum Gasteiger partial charge on any atom is -0.508 e. The smallest absolute Gasteiger partial charge is 0.319 e. The predicted molar refractivity (Wildman–Crippen MR) is 153 cm³/mol. The molecular weight excluding hydrogens is 564 g/mol. The topological polar surface area (TPSA) is 86.6 Å². The predicted octanol–water partition coefficient (Wildman–Crippen LogP) is 4.86. The van der Waals surface area contributed by atoms with E-state index in [1.165, 1.54) is 18.3 Å². The second-order valence-corrected chi connectivity index (χ2v) is 12.0. The number of anilines is 1. The number of phenols is 1. The van der Waals surface area contributed by atoms with Crippen LogP contribution in [-0.2, 0) is 0 Å². The molecule has 0 aliphatic carbocycles. The zero-order valence-electron chi connectivity index (χ0n) is 25.1. The zero-order chi connectivity index (χ0) is 31.2. The fraction of sp³-hybridized carbons (Fsp3) is 0.452. The molecule has 8 nitrogen and oxygen atoms in total. The van der Waals surface area contributed by atoms with Crippen LogP contribution in [0.15, 0.2) is 30.5 Å². The van der Waals surface area contributed by atoms with Crippen molar-refractivity contribution in [1.29, 1.82) is 0 Å². The zero-order valence-corrected chi connectivity index (χ0v) is 23.1. The van der Waals surface area contributed by atoms with Crippen molar-refractivity contribution in [2.75, 3.05) is 37.6 Å². The normalized spacial score (nSPS) is 28.0. The molecule has 5 saturated heterocycles. The molecule has 7 heterocycles. The molecule has 0 spiro atoms. The molecule has 12 heteroatoms. The number of benzene rings is 2. The van der Waals surface area contributed by atoms with Gasteiger partial charge in [0.1, 0.15) is 35.5 Å². The van der Waals surface area contributed by atoms with Gasteiger partial charge in [-0.3, -0.25) is 9.88 Å². The van der Waals surface area contributed by atoms with E-state index in [-0.39, 0.29) is 63.7 Å². The van der Waals surface area contributed by atoms with Crippen molar-refractivity contribution in [2.24, 2.45) is 0 Å². The summed E-state index contributed by atoms with van der Waals surface area (Å²) in [5.41, 5.74) is -2.04. The fourth-order valence-corrected chi connectivity index (χ4v) is 7.41. The van der Waals surface area contributed by atoms with Gasteiger partial charge in [0, 0.05) is 55.3 Å². The van der Waals surface area contributed by atoms with Crippen molar-refractivity contribution in [2.45, 2.75) is 55.9 Å². The monoisotopic (exact) mass is 596 g/mol. The summed E-state index contributed by atoms with van der Waals surface area (Å²) >= 11 is 0. The number of piperazine rings is 1. The molecule has 0 amide bonds. The highest BCUT2D eigenvalue weighted by Gasteiger charge is 2.49. The van der Waals surface area contributed by atoms with Gasteiger partial charge in [0.15, 0.2) is 17.5 Å². The molecule has 2 aromatic heterocycles. The maximum atomic E-state index is 16.7. The third-order valence-corrected chi connectivity index (χ3v) is 9.44. The summed E-state index contributed by atoms with van der Waals surface area (Å²) in [6, 6.07) is 4.33. The van der Waals surface area contributed by atoms with Crippen LogP contribution >= 0.6 is 0 Å². The van der Waals surface area contributed by atoms with Crippen LogP contribution in [0.5, 0.6) is 11.8 Å². The molecule has 224 valence electrons. The van der Waals surface area contributed by atoms with Gasteiger partial charge in [0.25, 0.3) is 0 Å². The number of phenolic OH excluding ortho intramolecular Hbond substituents is 1. The highest BCUT2D eigenvalue weighted by molar-refractivity contribution is 6.00. The number of hydrogen-bond acceptors (Lipinski definition) is 8. The second-order valence-electron chi connectivity index (χ2n) is 12.0. The lowest BCUT2D eigenvalue weighted by molar-refractivity contribution is 0.107. The van der Waals surface area contributed by atoms with Crippen LogP contribution < -0.4 is 15.0 Å². The van der Waals surface area contributed by atoms with E-state index in [4.69, 9.17) is 7.48 Å². The van der Waals surface area contributed by atoms with E-state index in [0.29, 0.717) is 38.3 Å². The van der Waals surface area contributed by atoms with E-state index in [1.54, 1.807) is 4.90 Å². The summed E-state index contributed by atoms with van der Waals surface area (Å²) in [4.78, 5) is 17.1. The summed E-state index contributed by atoms with van der Waals surface area (Å²) in [6.07, 6.45) is 3.00. The van der Waals surface area contributed by atoms with Gasteiger partial charge < -0.3 is 20.1 Å². The molecule has 2 bridgehead atoms. The van der Waals surface area contributed by atoms with Crippen LogP contribution in [0.3, 0.4) is 0 Å². The Morgan fingerprint density at radius 1 is 1.14 bits per heavy atom. The number of pyridine rings is 1. The van der Waals surface area contributed by atoms with Gasteiger partial charge in [-0.15, -0.1) is 0 Å². The molecule has 5 fully saturated rings. The minimum absolute atomic E-state index is 0.0265. The maximum absolute atomic E-state index is 16.7. The quantitative estimate of drug-likeness (QED) is 0.316. The Labute approximate surface area is 247 Å². The van der Waals surface area contributed by atoms with Gasteiger partial charge in [-0.2, -0.15) is 9.97 Å². The molecule has 4 aromatic rings. The minimum atomic E-state index is -2.41. The third-order valence-electron chi connectivity index (χ3n) is 9.44. The average Bonchev–Trinajstić information content (AvgIpc) is 3.57. The summed E-state index contributed by atoms with van der Waals surface area (Å²) in [5, 5.41) is 14.0. The molecule has 9 rings (SSSR count). The Morgan fingerprint density at radius 3 is 2.81 bits per heavy atom. The maximum Gasteiger partial charge on any atom is 0.319 e. The van der Waals surface area contributed by atoms with E-state index in [1.807, 2.05) is 4.90 Å². The lowest BCUT2D eigenvalue weighted by Gasteiger charge is -2.46. The Bertz CT molecular complexity index is 1860. The summed E-state index contributed by atoms with van der Waals surface area (Å²) in [6.45, 7) is -0.524. The SMILES string of the molecule is [2H]C([2H])(Oc1nc(N2CC3CCC2CN3)c2cnc(-c3cc(O)cc4ccc(F)c(F)c34)c(F)c2n1)[C@@]12CCCN1C[C@H](F)C2. The molecule has 2 unspecified atom stereocenters. The van der Waals surface area contributed by atoms with Crippen LogP contribution in [0, 0.1) is 17.5 Å². The molecular formula is C31H30F4N6O2. The van der Waals surface area contributed by atoms with E-state index < -0.39 is 41.7 Å². The van der Waals surface area contributed by atoms with Crippen molar-refractivity contribution >= 4 is 27.5 Å². The molecule has 4 atom stereocenters. The largest absolute Gasteiger partial charge is 0.508 e. The number of hydrogen-bond donors (Lipinski definition) is 2. The number of nitrogens with one attached hydrogen (secondary N) is 1. The molecule has 0 radical (unpaired) electrons. The lowest BCUT2D eigenvalue weighted by atomic mass is 9.93. The highest BCUT2D eigenvalue weighted by Crippen LogP contribution is 2.42. The van der Waals surface area contributed by atoms with E-state index in [9.17, 15) is 13.9 Å². The third kappa shape index (κ3) is 4.28. The first-order chi connectivity index (χ1) is 21.5. The van der Waals surface area contributed by atoms with Gasteiger partial charge in [0.2, 0.25) is 0 Å². The van der Waals surface area contributed by atoms with Crippen molar-refractivity contribution in [3.63, 3.8) is 0 Å². The summed E-state index contributed by atoms with van der Waals surface area (Å²) < 4.78 is 84.6. The number of alkyl halides is 1. The number of rotatable bonds is 5. The number of fused-ring (bicyclic) bond motifs is 6. The first-order valence-electron chi connectivity index (χ1n) is 15.6. The van der Waals surface area contributed by atoms with Crippen LogP contribution in [-0.4, -0.2) is 81.5 Å². The number of ether oxygens (including phenoxy) is 1. The Morgan fingerprint density at radius 2 is 2.02 bits per heavy atom. The Hall–Kier alpha value is -3.77. The average molecular weight is 597 g/mol. The van der Waals surface area contributed by atoms with Crippen LogP contribution in [0.2, 0.25) is 0 Å². The van der Waals surface area contributed by atoms with Gasteiger partial charge in [0.05, 0.1) is 13.7 Å². The fourth-order valence-electron chi connectivity index (χ4n) is 7.41. The first-order valence-corrected chi connectivity index (χ1v) is 14.6. The highest BCUT2D eigenvalue weighted by atomic mass is 19.2. The number of halogens is 4. The number of aromatic hydroxyl groups is 1. The van der Waals surface area contributed by atoms with E-state index in [0.717, 1.165) is 25.0 Å². The summed E-state index contributed by atoms with van der Waals surface area (Å²) in [7, 11) is 0. The number of aromatic nitrogens is 3. The second kappa shape index (κ2) is 9.88. The number of nitrogens with zero attached hydrogens (tertiary/aromatic N) is 5. The van der Waals surface area contributed by atoms with E-state index in [2.05, 4.69) is 20.3 Å². The standard InChI is InChI=1S/C31H30F4N6O2/c32-17-10-31(6-1-7-40(31)13-17)15-43-30-38-28-22(29(39-30)41-14-18-3-4-19(41)11-36-18)12-37-27(26(28)35)21-9-20(42)8-16-2-5-23(33)25(34)24(16)21/h2,5,8-9,12,17-19,36,42H,1,3-4,6-7,10-11,13-15H2/t17-,18?,19?,31+/m1/s1/i15D2. The van der Waals surface area contributed by atoms with Crippen molar-refractivity contribution in [1.82, 2.24) is 25.2 Å². The van der Waals surface area contributed by atoms with Crippen molar-refractivity contribution in [3.8, 4) is 23.0 Å². The van der Waals surface area contributed by atoms with Gasteiger partial charge in [-0.05, 0) is 55.8 Å². The van der Waals surface area contributed by atoms with Gasteiger partial charge >= 0.3 is 6.01 Å². The molecule has 43 heavy (non-hydrogen) atoms. The molecule has 2 aromatic carbocycles. The van der Waals surface area contributed by atoms with Crippen LogP contribution in [0.1, 0.15) is 34.8 Å². The molecule has 5 aliphatic rings. The molecule has 5 aliphatic heterocycles. The Balaban J connectivity index is 1.31. The van der Waals surface area contributed by atoms with Crippen LogP contribution in [0.4, 0.5) is 23.4 Å². The van der Waals surface area contributed by atoms with Crippen molar-refractivity contribution < 1.29 is 30.1 Å². The van der Waals surface area contributed by atoms with Crippen LogP contribution in [0.25, 0.3) is 32.9 Å². The van der Waals surface area contributed by atoms with Crippen molar-refractivity contribution in [3.05, 3.63) is 47.9 Å². The first kappa shape index (κ1) is 24.6. The summed E-state index contributed by atoms with van der Waals surface area (Å²) in [5.74, 6) is -3.35. The molecule has 2 N–H and O–H groups in total. The van der Waals surface area contributed by atoms with Gasteiger partial charge in [-0.1, -0.05) is 6.07 Å². The lowest BCUT2D eigenvalue weighted by Crippen LogP contribution is -2.61. The Kier molecular flexibility index (Phi) is 5.66. The molecule has 0 saturated carbocycles. The number of piperidine rings is 2. The van der Waals surface area contributed by atoms with E-state index >= 15 is 8.78 Å². The van der Waals surface area contributed by atoms with Gasteiger partial charge in [-0.25, -0.2) is 17.6 Å².